The number of benzene rings is 3. The zero-order chi connectivity index (χ0) is 21.1. The van der Waals surface area contributed by atoms with Gasteiger partial charge in [-0.2, -0.15) is 0 Å². The zero-order valence-corrected chi connectivity index (χ0v) is 16.9. The fraction of sp³-hybridized carbons (Fsp3) is 0.0870. The summed E-state index contributed by atoms with van der Waals surface area (Å²) in [5.41, 5.74) is 2.09. The average molecular weight is 419 g/mol. The molecule has 30 heavy (non-hydrogen) atoms. The SMILES string of the molecule is Cc1ccccc1-n1c(SCC(=O)Nc2ccccc2F)nc2ccccc2c1=O. The van der Waals surface area contributed by atoms with Crippen molar-refractivity contribution in [3.8, 4) is 5.69 Å². The number of hydrogen-bond acceptors (Lipinski definition) is 4. The van der Waals surface area contributed by atoms with E-state index in [2.05, 4.69) is 10.3 Å². The number of halogens is 1. The van der Waals surface area contributed by atoms with Gasteiger partial charge < -0.3 is 5.32 Å². The Morgan fingerprint density at radius 1 is 1.03 bits per heavy atom. The van der Waals surface area contributed by atoms with E-state index in [1.54, 1.807) is 30.3 Å². The number of carbonyl (C=O) groups is 1. The summed E-state index contributed by atoms with van der Waals surface area (Å²) in [6.45, 7) is 1.91. The Bertz CT molecular complexity index is 1300. The number of fused-ring (bicyclic) bond motifs is 1. The van der Waals surface area contributed by atoms with Crippen LogP contribution in [0.25, 0.3) is 16.6 Å². The molecule has 0 aliphatic heterocycles. The van der Waals surface area contributed by atoms with Gasteiger partial charge in [-0.1, -0.05) is 54.2 Å². The number of aromatic nitrogens is 2. The third-order valence-electron chi connectivity index (χ3n) is 4.58. The minimum atomic E-state index is -0.503. The lowest BCUT2D eigenvalue weighted by atomic mass is 10.2. The second-order valence-corrected chi connectivity index (χ2v) is 7.60. The standard InChI is InChI=1S/C23H18FN3O2S/c1-15-8-2-7-13-20(15)27-22(29)16-9-3-5-11-18(16)26-23(27)30-14-21(28)25-19-12-6-4-10-17(19)24/h2-13H,14H2,1H3,(H,25,28). The maximum atomic E-state index is 13.8. The second kappa shape index (κ2) is 8.51. The number of hydrogen-bond donors (Lipinski definition) is 1. The van der Waals surface area contributed by atoms with Crippen LogP contribution in [0, 0.1) is 12.7 Å². The highest BCUT2D eigenvalue weighted by Crippen LogP contribution is 2.23. The topological polar surface area (TPSA) is 64.0 Å². The van der Waals surface area contributed by atoms with Gasteiger partial charge in [0.25, 0.3) is 5.56 Å². The molecule has 0 fully saturated rings. The van der Waals surface area contributed by atoms with Crippen LogP contribution >= 0.6 is 11.8 Å². The molecular weight excluding hydrogens is 401 g/mol. The van der Waals surface area contributed by atoms with Crippen LogP contribution in [0.3, 0.4) is 0 Å². The van der Waals surface area contributed by atoms with Gasteiger partial charge in [-0.25, -0.2) is 9.37 Å². The molecule has 7 heteroatoms. The molecule has 1 amide bonds. The summed E-state index contributed by atoms with van der Waals surface area (Å²) >= 11 is 1.13. The molecule has 0 bridgehead atoms. The highest BCUT2D eigenvalue weighted by molar-refractivity contribution is 7.99. The van der Waals surface area contributed by atoms with E-state index < -0.39 is 5.82 Å². The molecule has 4 rings (SSSR count). The molecule has 0 radical (unpaired) electrons. The van der Waals surface area contributed by atoms with Gasteiger partial charge in [-0.05, 0) is 42.8 Å². The first-order valence-corrected chi connectivity index (χ1v) is 10.3. The highest BCUT2D eigenvalue weighted by atomic mass is 32.2. The number of rotatable bonds is 5. The Morgan fingerprint density at radius 3 is 2.53 bits per heavy atom. The molecule has 0 aliphatic carbocycles. The molecule has 4 aromatic rings. The van der Waals surface area contributed by atoms with E-state index in [9.17, 15) is 14.0 Å². The zero-order valence-electron chi connectivity index (χ0n) is 16.1. The smallest absolute Gasteiger partial charge is 0.266 e. The first-order valence-electron chi connectivity index (χ1n) is 9.29. The molecule has 0 spiro atoms. The molecule has 1 heterocycles. The number of amides is 1. The summed E-state index contributed by atoms with van der Waals surface area (Å²) in [6, 6.07) is 20.6. The molecule has 0 aliphatic rings. The van der Waals surface area contributed by atoms with Gasteiger partial charge >= 0.3 is 0 Å². The number of aryl methyl sites for hydroxylation is 1. The summed E-state index contributed by atoms with van der Waals surface area (Å²) in [4.78, 5) is 30.3. The van der Waals surface area contributed by atoms with Gasteiger partial charge in [-0.15, -0.1) is 0 Å². The van der Waals surface area contributed by atoms with Crippen molar-refractivity contribution < 1.29 is 9.18 Å². The Kier molecular flexibility index (Phi) is 5.63. The third-order valence-corrected chi connectivity index (χ3v) is 5.52. The van der Waals surface area contributed by atoms with Crippen LogP contribution in [0.4, 0.5) is 10.1 Å². The molecule has 150 valence electrons. The van der Waals surface area contributed by atoms with E-state index >= 15 is 0 Å². The lowest BCUT2D eigenvalue weighted by Crippen LogP contribution is -2.23. The van der Waals surface area contributed by atoms with E-state index in [0.29, 0.717) is 21.7 Å². The molecule has 0 atom stereocenters. The molecule has 3 aromatic carbocycles. The van der Waals surface area contributed by atoms with E-state index in [-0.39, 0.29) is 22.9 Å². The minimum absolute atomic E-state index is 0.0228. The highest BCUT2D eigenvalue weighted by Gasteiger charge is 2.16. The van der Waals surface area contributed by atoms with Crippen LogP contribution in [-0.4, -0.2) is 21.2 Å². The maximum absolute atomic E-state index is 13.8. The molecule has 0 saturated heterocycles. The predicted molar refractivity (Wildman–Crippen MR) is 118 cm³/mol. The van der Waals surface area contributed by atoms with Crippen LogP contribution < -0.4 is 10.9 Å². The number of carbonyl (C=O) groups excluding carboxylic acids is 1. The molecule has 0 saturated carbocycles. The van der Waals surface area contributed by atoms with Crippen molar-refractivity contribution in [2.75, 3.05) is 11.1 Å². The minimum Gasteiger partial charge on any atom is -0.323 e. The van der Waals surface area contributed by atoms with Crippen LogP contribution in [0.15, 0.2) is 82.7 Å². The van der Waals surface area contributed by atoms with Gasteiger partial charge in [-0.3, -0.25) is 14.2 Å². The Labute approximate surface area is 176 Å². The van der Waals surface area contributed by atoms with Crippen LogP contribution in [0.5, 0.6) is 0 Å². The van der Waals surface area contributed by atoms with Crippen LogP contribution in [0.2, 0.25) is 0 Å². The summed E-state index contributed by atoms with van der Waals surface area (Å²) in [5, 5.41) is 3.45. The van der Waals surface area contributed by atoms with Crippen molar-refractivity contribution >= 4 is 34.3 Å². The number of nitrogens with zero attached hydrogens (tertiary/aromatic N) is 2. The van der Waals surface area contributed by atoms with Crippen molar-refractivity contribution in [3.63, 3.8) is 0 Å². The lowest BCUT2D eigenvalue weighted by molar-refractivity contribution is -0.113. The van der Waals surface area contributed by atoms with Crippen molar-refractivity contribution in [3.05, 3.63) is 94.5 Å². The summed E-state index contributed by atoms with van der Waals surface area (Å²) in [7, 11) is 0. The van der Waals surface area contributed by atoms with Gasteiger partial charge in [0.05, 0.1) is 28.0 Å². The molecular formula is C23H18FN3O2S. The third kappa shape index (κ3) is 3.97. The normalized spacial score (nSPS) is 10.9. The monoisotopic (exact) mass is 419 g/mol. The van der Waals surface area contributed by atoms with Crippen molar-refractivity contribution in [1.82, 2.24) is 9.55 Å². The first-order chi connectivity index (χ1) is 14.5. The van der Waals surface area contributed by atoms with Crippen LogP contribution in [0.1, 0.15) is 5.56 Å². The van der Waals surface area contributed by atoms with Crippen molar-refractivity contribution in [2.45, 2.75) is 12.1 Å². The van der Waals surface area contributed by atoms with Crippen molar-refractivity contribution in [2.24, 2.45) is 0 Å². The summed E-state index contributed by atoms with van der Waals surface area (Å²) in [5.74, 6) is -0.911. The number of thioether (sulfide) groups is 1. The van der Waals surface area contributed by atoms with E-state index in [0.717, 1.165) is 17.3 Å². The number of anilines is 1. The second-order valence-electron chi connectivity index (χ2n) is 6.66. The van der Waals surface area contributed by atoms with E-state index in [4.69, 9.17) is 0 Å². The van der Waals surface area contributed by atoms with Gasteiger partial charge in [0.15, 0.2) is 5.16 Å². The Hall–Kier alpha value is -3.45. The molecule has 5 nitrogen and oxygen atoms in total. The van der Waals surface area contributed by atoms with Gasteiger partial charge in [0.1, 0.15) is 5.82 Å². The molecule has 1 aromatic heterocycles. The van der Waals surface area contributed by atoms with Gasteiger partial charge in [0, 0.05) is 0 Å². The van der Waals surface area contributed by atoms with Crippen molar-refractivity contribution in [1.29, 1.82) is 0 Å². The molecule has 0 unspecified atom stereocenters. The maximum Gasteiger partial charge on any atom is 0.266 e. The number of para-hydroxylation sites is 3. The predicted octanol–water partition coefficient (Wildman–Crippen LogP) is 4.56. The fourth-order valence-electron chi connectivity index (χ4n) is 3.11. The lowest BCUT2D eigenvalue weighted by Gasteiger charge is -2.15. The summed E-state index contributed by atoms with van der Waals surface area (Å²) < 4.78 is 15.3. The summed E-state index contributed by atoms with van der Waals surface area (Å²) in [6.07, 6.45) is 0. The number of nitrogens with one attached hydrogen (secondary N) is 1. The average Bonchev–Trinajstić information content (AvgIpc) is 2.75. The van der Waals surface area contributed by atoms with Gasteiger partial charge in [0.2, 0.25) is 5.91 Å². The Morgan fingerprint density at radius 2 is 1.73 bits per heavy atom. The first kappa shape index (κ1) is 19.8. The Balaban J connectivity index is 1.70. The van der Waals surface area contributed by atoms with E-state index in [1.165, 1.54) is 16.7 Å². The fourth-order valence-corrected chi connectivity index (χ4v) is 3.92. The molecule has 1 N–H and O–H groups in total. The largest absolute Gasteiger partial charge is 0.323 e. The van der Waals surface area contributed by atoms with E-state index in [1.807, 2.05) is 37.3 Å². The quantitative estimate of drug-likeness (QED) is 0.380. The van der Waals surface area contributed by atoms with Crippen LogP contribution in [-0.2, 0) is 4.79 Å².